The van der Waals surface area contributed by atoms with Crippen molar-refractivity contribution in [1.29, 1.82) is 0 Å². The second kappa shape index (κ2) is 5.50. The summed E-state index contributed by atoms with van der Waals surface area (Å²) in [6, 6.07) is 11.7. The maximum atomic E-state index is 13.4. The summed E-state index contributed by atoms with van der Waals surface area (Å²) in [5.74, 6) is 0.176. The quantitative estimate of drug-likeness (QED) is 0.937. The molecule has 2 rings (SSSR count). The van der Waals surface area contributed by atoms with Crippen molar-refractivity contribution in [2.75, 3.05) is 7.11 Å². The van der Waals surface area contributed by atoms with E-state index in [1.54, 1.807) is 30.3 Å². The molecule has 18 heavy (non-hydrogen) atoms. The molecular formula is C14H12BrFO2. The predicted octanol–water partition coefficient (Wildman–Crippen LogP) is 3.68. The lowest BCUT2D eigenvalue weighted by Gasteiger charge is -2.15. The number of ether oxygens (including phenoxy) is 1. The summed E-state index contributed by atoms with van der Waals surface area (Å²) in [5.41, 5.74) is 1.10. The summed E-state index contributed by atoms with van der Waals surface area (Å²) in [5, 5.41) is 10.3. The highest BCUT2D eigenvalue weighted by Crippen LogP contribution is 2.31. The van der Waals surface area contributed by atoms with E-state index in [4.69, 9.17) is 4.74 Å². The molecule has 0 heterocycles. The van der Waals surface area contributed by atoms with Crippen molar-refractivity contribution in [2.45, 2.75) is 6.10 Å². The van der Waals surface area contributed by atoms with Crippen molar-refractivity contribution >= 4 is 15.9 Å². The van der Waals surface area contributed by atoms with Crippen LogP contribution in [0.1, 0.15) is 17.2 Å². The lowest BCUT2D eigenvalue weighted by atomic mass is 10.0. The first kappa shape index (κ1) is 13.1. The Kier molecular flexibility index (Phi) is 3.99. The van der Waals surface area contributed by atoms with E-state index in [2.05, 4.69) is 15.9 Å². The van der Waals surface area contributed by atoms with Gasteiger partial charge in [0.25, 0.3) is 0 Å². The Morgan fingerprint density at radius 2 is 1.94 bits per heavy atom. The van der Waals surface area contributed by atoms with Gasteiger partial charge in [-0.25, -0.2) is 4.39 Å². The van der Waals surface area contributed by atoms with Crippen molar-refractivity contribution < 1.29 is 14.2 Å². The monoisotopic (exact) mass is 310 g/mol. The third-order valence-electron chi connectivity index (χ3n) is 2.69. The van der Waals surface area contributed by atoms with Gasteiger partial charge in [-0.15, -0.1) is 0 Å². The lowest BCUT2D eigenvalue weighted by molar-refractivity contribution is 0.214. The normalized spacial score (nSPS) is 12.2. The molecule has 2 nitrogen and oxygen atoms in total. The number of aliphatic hydroxyl groups excluding tert-OH is 1. The minimum absolute atomic E-state index is 0.374. The Balaban J connectivity index is 2.41. The molecule has 1 N–H and O–H groups in total. The summed E-state index contributed by atoms with van der Waals surface area (Å²) in [6.07, 6.45) is -0.913. The Morgan fingerprint density at radius 1 is 1.22 bits per heavy atom. The highest BCUT2D eigenvalue weighted by Gasteiger charge is 2.16. The molecule has 0 aliphatic rings. The molecule has 0 bridgehead atoms. The Bertz CT molecular complexity index is 557. The number of hydrogen-bond donors (Lipinski definition) is 1. The first-order chi connectivity index (χ1) is 8.63. The number of methoxy groups -OCH3 is 1. The number of benzene rings is 2. The van der Waals surface area contributed by atoms with Crippen molar-refractivity contribution in [3.63, 3.8) is 0 Å². The van der Waals surface area contributed by atoms with Gasteiger partial charge in [0.15, 0.2) is 0 Å². The molecular weight excluding hydrogens is 299 g/mol. The Hall–Kier alpha value is -1.39. The van der Waals surface area contributed by atoms with Gasteiger partial charge in [-0.3, -0.25) is 0 Å². The van der Waals surface area contributed by atoms with Crippen LogP contribution in [-0.4, -0.2) is 12.2 Å². The molecule has 0 aromatic heterocycles. The summed E-state index contributed by atoms with van der Waals surface area (Å²) < 4.78 is 19.0. The largest absolute Gasteiger partial charge is 0.496 e. The SMILES string of the molecule is COc1ccccc1C(O)c1ccc(Br)c(F)c1. The molecule has 1 unspecified atom stereocenters. The summed E-state index contributed by atoms with van der Waals surface area (Å²) in [7, 11) is 1.54. The van der Waals surface area contributed by atoms with Gasteiger partial charge in [0.1, 0.15) is 17.7 Å². The summed E-state index contributed by atoms with van der Waals surface area (Å²) in [4.78, 5) is 0. The Labute approximate surface area is 113 Å². The highest BCUT2D eigenvalue weighted by molar-refractivity contribution is 9.10. The van der Waals surface area contributed by atoms with E-state index in [0.717, 1.165) is 0 Å². The van der Waals surface area contributed by atoms with Gasteiger partial charge >= 0.3 is 0 Å². The van der Waals surface area contributed by atoms with Gasteiger partial charge < -0.3 is 9.84 Å². The smallest absolute Gasteiger partial charge is 0.137 e. The molecule has 2 aromatic carbocycles. The van der Waals surface area contributed by atoms with Crippen LogP contribution in [0.2, 0.25) is 0 Å². The van der Waals surface area contributed by atoms with Crippen LogP contribution < -0.4 is 4.74 Å². The van der Waals surface area contributed by atoms with Gasteiger partial charge in [0.2, 0.25) is 0 Å². The summed E-state index contributed by atoms with van der Waals surface area (Å²) in [6.45, 7) is 0. The van der Waals surface area contributed by atoms with Crippen LogP contribution in [0.4, 0.5) is 4.39 Å². The van der Waals surface area contributed by atoms with Gasteiger partial charge in [0.05, 0.1) is 11.6 Å². The zero-order valence-electron chi connectivity index (χ0n) is 9.73. The molecule has 2 aromatic rings. The van der Waals surface area contributed by atoms with Crippen LogP contribution >= 0.6 is 15.9 Å². The zero-order chi connectivity index (χ0) is 13.1. The van der Waals surface area contributed by atoms with E-state index >= 15 is 0 Å². The molecule has 0 aliphatic carbocycles. The fourth-order valence-corrected chi connectivity index (χ4v) is 2.00. The van der Waals surface area contributed by atoms with Crippen molar-refractivity contribution in [2.24, 2.45) is 0 Å². The van der Waals surface area contributed by atoms with Crippen LogP contribution in [-0.2, 0) is 0 Å². The van der Waals surface area contributed by atoms with Gasteiger partial charge in [-0.1, -0.05) is 24.3 Å². The number of rotatable bonds is 3. The van der Waals surface area contributed by atoms with Crippen LogP contribution in [0.15, 0.2) is 46.9 Å². The van der Waals surface area contributed by atoms with Crippen LogP contribution in [0.25, 0.3) is 0 Å². The van der Waals surface area contributed by atoms with Crippen molar-refractivity contribution in [1.82, 2.24) is 0 Å². The molecule has 94 valence electrons. The zero-order valence-corrected chi connectivity index (χ0v) is 11.3. The van der Waals surface area contributed by atoms with E-state index < -0.39 is 11.9 Å². The maximum absolute atomic E-state index is 13.4. The third-order valence-corrected chi connectivity index (χ3v) is 3.34. The summed E-state index contributed by atoms with van der Waals surface area (Å²) >= 11 is 3.08. The van der Waals surface area contributed by atoms with Crippen molar-refractivity contribution in [3.05, 3.63) is 63.9 Å². The fraction of sp³-hybridized carbons (Fsp3) is 0.143. The molecule has 4 heteroatoms. The van der Waals surface area contributed by atoms with Gasteiger partial charge in [-0.2, -0.15) is 0 Å². The van der Waals surface area contributed by atoms with Crippen LogP contribution in [0, 0.1) is 5.82 Å². The van der Waals surface area contributed by atoms with E-state index in [0.29, 0.717) is 21.3 Å². The topological polar surface area (TPSA) is 29.5 Å². The molecule has 0 spiro atoms. The van der Waals surface area contributed by atoms with E-state index in [1.807, 2.05) is 6.07 Å². The fourth-order valence-electron chi connectivity index (χ4n) is 1.75. The standard InChI is InChI=1S/C14H12BrFO2/c1-18-13-5-3-2-4-10(13)14(17)9-6-7-11(15)12(16)8-9/h2-8,14,17H,1H3. The molecule has 0 radical (unpaired) electrons. The van der Waals surface area contributed by atoms with Crippen LogP contribution in [0.5, 0.6) is 5.75 Å². The molecule has 1 atom stereocenters. The third kappa shape index (κ3) is 2.54. The number of aliphatic hydroxyl groups is 1. The molecule has 0 aliphatic heterocycles. The highest BCUT2D eigenvalue weighted by atomic mass is 79.9. The van der Waals surface area contributed by atoms with Gasteiger partial charge in [-0.05, 0) is 39.7 Å². The molecule has 0 saturated carbocycles. The van der Waals surface area contributed by atoms with E-state index in [1.165, 1.54) is 13.2 Å². The van der Waals surface area contributed by atoms with E-state index in [-0.39, 0.29) is 0 Å². The minimum atomic E-state index is -0.913. The maximum Gasteiger partial charge on any atom is 0.137 e. The second-order valence-electron chi connectivity index (χ2n) is 3.82. The first-order valence-corrected chi connectivity index (χ1v) is 6.18. The first-order valence-electron chi connectivity index (χ1n) is 5.39. The second-order valence-corrected chi connectivity index (χ2v) is 4.67. The van der Waals surface area contributed by atoms with Gasteiger partial charge in [0, 0.05) is 5.56 Å². The van der Waals surface area contributed by atoms with E-state index in [9.17, 15) is 9.50 Å². The number of para-hydroxylation sites is 1. The molecule has 0 saturated heterocycles. The molecule has 0 fully saturated rings. The molecule has 0 amide bonds. The number of hydrogen-bond acceptors (Lipinski definition) is 2. The average molecular weight is 311 g/mol. The Morgan fingerprint density at radius 3 is 2.61 bits per heavy atom. The average Bonchev–Trinajstić information content (AvgIpc) is 2.41. The lowest BCUT2D eigenvalue weighted by Crippen LogP contribution is -2.02. The predicted molar refractivity (Wildman–Crippen MR) is 71.2 cm³/mol. The van der Waals surface area contributed by atoms with Crippen LogP contribution in [0.3, 0.4) is 0 Å². The van der Waals surface area contributed by atoms with Crippen molar-refractivity contribution in [3.8, 4) is 5.75 Å². The minimum Gasteiger partial charge on any atom is -0.496 e. The number of halogens is 2.